The first-order valence-electron chi connectivity index (χ1n) is 11.3. The molecule has 186 valence electrons. The highest BCUT2D eigenvalue weighted by Crippen LogP contribution is 2.34. The molecule has 2 heterocycles. The van der Waals surface area contributed by atoms with E-state index in [1.165, 1.54) is 17.8 Å². The van der Waals surface area contributed by atoms with Crippen LogP contribution >= 0.6 is 11.8 Å². The molecule has 0 aliphatic carbocycles. The van der Waals surface area contributed by atoms with Gasteiger partial charge in [0.2, 0.25) is 0 Å². The number of nitrogens with one attached hydrogen (secondary N) is 1. The van der Waals surface area contributed by atoms with Gasteiger partial charge in [-0.1, -0.05) is 36.9 Å². The number of benzene rings is 2. The van der Waals surface area contributed by atoms with Gasteiger partial charge in [-0.3, -0.25) is 14.3 Å². The Balaban J connectivity index is 1.66. The lowest BCUT2D eigenvalue weighted by Crippen LogP contribution is -2.31. The average Bonchev–Trinajstić information content (AvgIpc) is 3.31. The monoisotopic (exact) mass is 511 g/mol. The summed E-state index contributed by atoms with van der Waals surface area (Å²) in [6, 6.07) is 15.9. The van der Waals surface area contributed by atoms with Crippen LogP contribution in [0.2, 0.25) is 0 Å². The van der Waals surface area contributed by atoms with Gasteiger partial charge < -0.3 is 5.32 Å². The first-order chi connectivity index (χ1) is 17.3. The largest absolute Gasteiger partial charge is 0.416 e. The van der Waals surface area contributed by atoms with Crippen molar-refractivity contribution < 1.29 is 18.0 Å². The van der Waals surface area contributed by atoms with Crippen molar-refractivity contribution >= 4 is 17.7 Å². The van der Waals surface area contributed by atoms with Gasteiger partial charge in [0.25, 0.3) is 5.91 Å². The lowest BCUT2D eigenvalue weighted by Gasteiger charge is -2.13. The zero-order chi connectivity index (χ0) is 25.7. The summed E-state index contributed by atoms with van der Waals surface area (Å²) in [5.74, 6) is 0.669. The van der Waals surface area contributed by atoms with Crippen molar-refractivity contribution in [1.29, 1.82) is 0 Å². The molecule has 0 spiro atoms. The molecule has 6 nitrogen and oxygen atoms in total. The highest BCUT2D eigenvalue weighted by molar-refractivity contribution is 7.98. The second kappa shape index (κ2) is 10.9. The van der Waals surface area contributed by atoms with Gasteiger partial charge in [-0.15, -0.1) is 10.2 Å². The van der Waals surface area contributed by atoms with E-state index in [1.54, 1.807) is 53.4 Å². The average molecular weight is 512 g/mol. The van der Waals surface area contributed by atoms with Crippen LogP contribution in [-0.4, -0.2) is 31.7 Å². The Morgan fingerprint density at radius 1 is 1.08 bits per heavy atom. The van der Waals surface area contributed by atoms with Crippen LogP contribution in [0, 0.1) is 0 Å². The van der Waals surface area contributed by atoms with Crippen molar-refractivity contribution in [1.82, 2.24) is 25.1 Å². The molecule has 0 bridgehead atoms. The molecule has 1 atom stereocenters. The maximum Gasteiger partial charge on any atom is 0.416 e. The Bertz CT molecular complexity index is 1340. The number of nitrogens with zero attached hydrogens (tertiary/aromatic N) is 4. The van der Waals surface area contributed by atoms with Crippen LogP contribution in [0.4, 0.5) is 13.2 Å². The molecule has 4 rings (SSSR count). The first-order valence-corrected chi connectivity index (χ1v) is 12.3. The van der Waals surface area contributed by atoms with Crippen LogP contribution in [0.5, 0.6) is 0 Å². The Morgan fingerprint density at radius 3 is 2.61 bits per heavy atom. The molecule has 1 unspecified atom stereocenters. The predicted molar refractivity (Wildman–Crippen MR) is 133 cm³/mol. The number of amides is 1. The fourth-order valence-corrected chi connectivity index (χ4v) is 4.35. The van der Waals surface area contributed by atoms with Crippen LogP contribution < -0.4 is 5.32 Å². The van der Waals surface area contributed by atoms with E-state index in [4.69, 9.17) is 0 Å². The summed E-state index contributed by atoms with van der Waals surface area (Å²) >= 11 is 1.32. The number of hydrogen-bond donors (Lipinski definition) is 1. The van der Waals surface area contributed by atoms with Crippen molar-refractivity contribution in [3.05, 3.63) is 89.7 Å². The van der Waals surface area contributed by atoms with Crippen molar-refractivity contribution in [3.8, 4) is 17.1 Å². The molecule has 2 aromatic heterocycles. The third kappa shape index (κ3) is 5.93. The highest BCUT2D eigenvalue weighted by atomic mass is 32.2. The summed E-state index contributed by atoms with van der Waals surface area (Å²) in [7, 11) is 0. The zero-order valence-electron chi connectivity index (χ0n) is 19.7. The minimum atomic E-state index is -4.48. The summed E-state index contributed by atoms with van der Waals surface area (Å²) in [6.45, 7) is 3.94. The van der Waals surface area contributed by atoms with Crippen molar-refractivity contribution in [2.75, 3.05) is 0 Å². The molecule has 0 saturated carbocycles. The third-order valence-corrected chi connectivity index (χ3v) is 6.53. The highest BCUT2D eigenvalue weighted by Gasteiger charge is 2.31. The molecule has 0 aliphatic heterocycles. The van der Waals surface area contributed by atoms with Gasteiger partial charge >= 0.3 is 6.18 Å². The van der Waals surface area contributed by atoms with E-state index in [0.29, 0.717) is 27.9 Å². The Labute approximate surface area is 211 Å². The topological polar surface area (TPSA) is 72.7 Å². The van der Waals surface area contributed by atoms with Crippen LogP contribution in [0.15, 0.2) is 78.2 Å². The standard InChI is InChI=1S/C26H24F3N5OS/c1-3-17(2)31-24(35)19-8-4-7-18(13-19)16-36-25-33-32-23(20-9-6-12-30-15-20)34(25)22-11-5-10-21(14-22)26(27,28)29/h4-15,17H,3,16H2,1-2H3,(H,31,35). The normalized spacial score (nSPS) is 12.4. The summed E-state index contributed by atoms with van der Waals surface area (Å²) < 4.78 is 41.9. The van der Waals surface area contributed by atoms with E-state index < -0.39 is 11.7 Å². The molecule has 10 heteroatoms. The molecule has 2 aromatic carbocycles. The SMILES string of the molecule is CCC(C)NC(=O)c1cccc(CSc2nnc(-c3cccnc3)n2-c2cccc(C(F)(F)F)c2)c1. The maximum atomic E-state index is 13.4. The van der Waals surface area contributed by atoms with Gasteiger partial charge in [0.05, 0.1) is 11.3 Å². The lowest BCUT2D eigenvalue weighted by atomic mass is 10.1. The van der Waals surface area contributed by atoms with E-state index in [9.17, 15) is 18.0 Å². The number of alkyl halides is 3. The molecule has 0 aliphatic rings. The fourth-order valence-electron chi connectivity index (χ4n) is 3.46. The molecular weight excluding hydrogens is 487 g/mol. The Kier molecular flexibility index (Phi) is 7.73. The van der Waals surface area contributed by atoms with Crippen LogP contribution in [0.3, 0.4) is 0 Å². The first kappa shape index (κ1) is 25.4. The molecular formula is C26H24F3N5OS. The molecule has 4 aromatic rings. The smallest absolute Gasteiger partial charge is 0.350 e. The molecule has 1 N–H and O–H groups in total. The van der Waals surface area contributed by atoms with Crippen LogP contribution in [-0.2, 0) is 11.9 Å². The Hall–Kier alpha value is -3.66. The molecule has 0 fully saturated rings. The van der Waals surface area contributed by atoms with E-state index in [0.717, 1.165) is 24.1 Å². The number of thioether (sulfide) groups is 1. The maximum absolute atomic E-state index is 13.4. The summed E-state index contributed by atoms with van der Waals surface area (Å²) in [6.07, 6.45) is -0.468. The molecule has 0 saturated heterocycles. The van der Waals surface area contributed by atoms with Gasteiger partial charge in [0.15, 0.2) is 11.0 Å². The summed E-state index contributed by atoms with van der Waals surface area (Å²) in [5, 5.41) is 11.9. The number of aromatic nitrogens is 4. The van der Waals surface area contributed by atoms with Crippen molar-refractivity contribution in [2.24, 2.45) is 0 Å². The van der Waals surface area contributed by atoms with Gasteiger partial charge in [0.1, 0.15) is 0 Å². The number of carbonyl (C=O) groups excluding carboxylic acids is 1. The summed E-state index contributed by atoms with van der Waals surface area (Å²) in [5.41, 5.74) is 1.57. The predicted octanol–water partition coefficient (Wildman–Crippen LogP) is 6.17. The fraction of sp³-hybridized carbons (Fsp3) is 0.231. The van der Waals surface area contributed by atoms with Crippen LogP contribution in [0.25, 0.3) is 17.1 Å². The van der Waals surface area contributed by atoms with Gasteiger partial charge in [0, 0.05) is 35.3 Å². The zero-order valence-corrected chi connectivity index (χ0v) is 20.5. The van der Waals surface area contributed by atoms with Crippen molar-refractivity contribution in [3.63, 3.8) is 0 Å². The minimum Gasteiger partial charge on any atom is -0.350 e. The summed E-state index contributed by atoms with van der Waals surface area (Å²) in [4.78, 5) is 16.6. The molecule has 0 radical (unpaired) electrons. The van der Waals surface area contributed by atoms with Gasteiger partial charge in [-0.05, 0) is 61.4 Å². The Morgan fingerprint density at radius 2 is 1.89 bits per heavy atom. The lowest BCUT2D eigenvalue weighted by molar-refractivity contribution is -0.137. The molecule has 36 heavy (non-hydrogen) atoms. The van der Waals surface area contributed by atoms with E-state index in [-0.39, 0.29) is 17.6 Å². The number of carbonyl (C=O) groups is 1. The quantitative estimate of drug-likeness (QED) is 0.287. The van der Waals surface area contributed by atoms with E-state index in [2.05, 4.69) is 20.5 Å². The molecule has 1 amide bonds. The number of hydrogen-bond acceptors (Lipinski definition) is 5. The minimum absolute atomic E-state index is 0.0624. The number of rotatable bonds is 8. The third-order valence-electron chi connectivity index (χ3n) is 5.53. The number of halogens is 3. The number of pyridine rings is 1. The second-order valence-corrected chi connectivity index (χ2v) is 9.15. The van der Waals surface area contributed by atoms with Crippen molar-refractivity contribution in [2.45, 2.75) is 43.4 Å². The second-order valence-electron chi connectivity index (χ2n) is 8.20. The van der Waals surface area contributed by atoms with Crippen LogP contribution in [0.1, 0.15) is 41.8 Å². The van der Waals surface area contributed by atoms with Gasteiger partial charge in [-0.25, -0.2) is 0 Å². The van der Waals surface area contributed by atoms with E-state index >= 15 is 0 Å². The van der Waals surface area contributed by atoms with E-state index in [1.807, 2.05) is 19.9 Å². The van der Waals surface area contributed by atoms with Gasteiger partial charge in [-0.2, -0.15) is 13.2 Å².